The average Bonchev–Trinajstić information content (AvgIpc) is 2.30. The molecule has 0 radical (unpaired) electrons. The van der Waals surface area contributed by atoms with Gasteiger partial charge in [-0.15, -0.1) is 13.2 Å². The number of rotatable bonds is 4. The molecular weight excluding hydrogens is 400 g/mol. The monoisotopic (exact) mass is 406 g/mol. The smallest absolute Gasteiger partial charge is 0.469 e. The van der Waals surface area contributed by atoms with E-state index < -0.39 is 38.8 Å². The van der Waals surface area contributed by atoms with Crippen LogP contribution < -0.4 is 4.74 Å². The lowest BCUT2D eigenvalue weighted by Crippen LogP contribution is -2.20. The minimum absolute atomic E-state index is 0.261. The molecule has 1 aromatic heterocycles. The van der Waals surface area contributed by atoms with Crippen molar-refractivity contribution in [2.24, 2.45) is 0 Å². The van der Waals surface area contributed by atoms with E-state index in [4.69, 9.17) is 0 Å². The summed E-state index contributed by atoms with van der Waals surface area (Å²) in [6.45, 7) is 0. The topological polar surface area (TPSA) is 91.6 Å². The van der Waals surface area contributed by atoms with Crippen molar-refractivity contribution in [3.8, 4) is 5.88 Å². The molecule has 0 amide bonds. The van der Waals surface area contributed by atoms with E-state index in [0.29, 0.717) is 0 Å². The van der Waals surface area contributed by atoms with Crippen molar-refractivity contribution in [3.05, 3.63) is 25.4 Å². The Morgan fingerprint density at radius 1 is 1.55 bits per heavy atom. The van der Waals surface area contributed by atoms with Gasteiger partial charge in [0, 0.05) is 6.07 Å². The molecule has 0 aliphatic heterocycles. The number of halogens is 4. The van der Waals surface area contributed by atoms with Gasteiger partial charge < -0.3 is 9.47 Å². The van der Waals surface area contributed by atoms with E-state index in [-0.39, 0.29) is 5.69 Å². The number of carbonyl (C=O) groups excluding carboxylic acids is 1. The Morgan fingerprint density at radius 3 is 2.60 bits per heavy atom. The molecule has 1 rings (SSSR count). The summed E-state index contributed by atoms with van der Waals surface area (Å²) in [6.07, 6.45) is -5.56. The zero-order chi connectivity index (χ0) is 15.5. The SMILES string of the molecule is COC(=O)Cc1cc([N+](=O)[O-])c(I)c(OC(F)(F)F)n1. The summed E-state index contributed by atoms with van der Waals surface area (Å²) in [4.78, 5) is 24.4. The highest BCUT2D eigenvalue weighted by Crippen LogP contribution is 2.32. The third-order valence-electron chi connectivity index (χ3n) is 1.92. The third kappa shape index (κ3) is 4.47. The van der Waals surface area contributed by atoms with Crippen LogP contribution in [0.25, 0.3) is 0 Å². The summed E-state index contributed by atoms with van der Waals surface area (Å²) in [6, 6.07) is 0.891. The second kappa shape index (κ2) is 6.19. The lowest BCUT2D eigenvalue weighted by Gasteiger charge is -2.11. The zero-order valence-corrected chi connectivity index (χ0v) is 11.9. The Morgan fingerprint density at radius 2 is 2.15 bits per heavy atom. The number of ether oxygens (including phenoxy) is 2. The maximum absolute atomic E-state index is 12.2. The van der Waals surface area contributed by atoms with E-state index >= 15 is 0 Å². The van der Waals surface area contributed by atoms with Crippen molar-refractivity contribution in [3.63, 3.8) is 0 Å². The summed E-state index contributed by atoms with van der Waals surface area (Å²) in [5, 5.41) is 10.8. The first-order chi connectivity index (χ1) is 9.14. The molecule has 0 atom stereocenters. The van der Waals surface area contributed by atoms with Crippen LogP contribution >= 0.6 is 22.6 Å². The van der Waals surface area contributed by atoms with Crippen molar-refractivity contribution in [1.29, 1.82) is 0 Å². The average molecular weight is 406 g/mol. The van der Waals surface area contributed by atoms with E-state index in [2.05, 4.69) is 14.5 Å². The Bertz CT molecular complexity index is 549. The molecule has 0 aliphatic carbocycles. The molecule has 0 bridgehead atoms. The lowest BCUT2D eigenvalue weighted by molar-refractivity contribution is -0.386. The van der Waals surface area contributed by atoms with Crippen LogP contribution in [-0.2, 0) is 16.0 Å². The van der Waals surface area contributed by atoms with E-state index in [1.165, 1.54) is 22.6 Å². The normalized spacial score (nSPS) is 11.1. The number of pyridine rings is 1. The lowest BCUT2D eigenvalue weighted by atomic mass is 10.2. The Balaban J connectivity index is 3.27. The van der Waals surface area contributed by atoms with Gasteiger partial charge in [0.2, 0.25) is 5.88 Å². The molecule has 0 unspecified atom stereocenters. The summed E-state index contributed by atoms with van der Waals surface area (Å²) >= 11 is 1.31. The molecule has 110 valence electrons. The number of hydrogen-bond acceptors (Lipinski definition) is 6. The summed E-state index contributed by atoms with van der Waals surface area (Å²) in [5.41, 5.74) is -0.901. The van der Waals surface area contributed by atoms with Crippen LogP contribution in [0.4, 0.5) is 18.9 Å². The van der Waals surface area contributed by atoms with Gasteiger partial charge in [-0.05, 0) is 22.6 Å². The molecule has 11 heteroatoms. The van der Waals surface area contributed by atoms with Crippen molar-refractivity contribution >= 4 is 34.2 Å². The van der Waals surface area contributed by atoms with Gasteiger partial charge >= 0.3 is 12.3 Å². The number of nitrogens with zero attached hydrogens (tertiary/aromatic N) is 2. The molecule has 20 heavy (non-hydrogen) atoms. The second-order valence-corrected chi connectivity index (χ2v) is 4.39. The quantitative estimate of drug-likeness (QED) is 0.330. The number of aromatic nitrogens is 1. The highest BCUT2D eigenvalue weighted by molar-refractivity contribution is 14.1. The highest BCUT2D eigenvalue weighted by Gasteiger charge is 2.35. The molecule has 0 fully saturated rings. The predicted molar refractivity (Wildman–Crippen MR) is 66.0 cm³/mol. The minimum atomic E-state index is -5.05. The van der Waals surface area contributed by atoms with Crippen molar-refractivity contribution < 1.29 is 32.4 Å². The molecule has 1 aromatic rings. The van der Waals surface area contributed by atoms with Gasteiger partial charge in [0.25, 0.3) is 5.69 Å². The molecule has 0 aromatic carbocycles. The van der Waals surface area contributed by atoms with Gasteiger partial charge in [0.1, 0.15) is 0 Å². The molecule has 1 heterocycles. The maximum Gasteiger partial charge on any atom is 0.574 e. The fraction of sp³-hybridized carbons (Fsp3) is 0.333. The Hall–Kier alpha value is -1.66. The first-order valence-corrected chi connectivity index (χ1v) is 5.88. The fourth-order valence-corrected chi connectivity index (χ4v) is 1.75. The van der Waals surface area contributed by atoms with Crippen molar-refractivity contribution in [1.82, 2.24) is 4.98 Å². The number of carbonyl (C=O) groups is 1. The first kappa shape index (κ1) is 16.4. The van der Waals surface area contributed by atoms with Gasteiger partial charge in [0.05, 0.1) is 24.1 Å². The number of methoxy groups -OCH3 is 1. The molecule has 7 nitrogen and oxygen atoms in total. The summed E-state index contributed by atoms with van der Waals surface area (Å²) in [7, 11) is 1.07. The molecule has 0 saturated heterocycles. The number of hydrogen-bond donors (Lipinski definition) is 0. The van der Waals surface area contributed by atoms with E-state index in [0.717, 1.165) is 13.2 Å². The van der Waals surface area contributed by atoms with Crippen LogP contribution in [0.2, 0.25) is 0 Å². The number of esters is 1. The summed E-state index contributed by atoms with van der Waals surface area (Å²) < 4.78 is 44.1. The largest absolute Gasteiger partial charge is 0.574 e. The van der Waals surface area contributed by atoms with Crippen LogP contribution in [0.15, 0.2) is 6.07 Å². The van der Waals surface area contributed by atoms with Crippen LogP contribution in [-0.4, -0.2) is 29.3 Å². The Labute approximate surface area is 123 Å². The number of nitro groups is 1. The van der Waals surface area contributed by atoms with Crippen LogP contribution in [0, 0.1) is 13.7 Å². The van der Waals surface area contributed by atoms with Gasteiger partial charge in [-0.2, -0.15) is 0 Å². The van der Waals surface area contributed by atoms with Gasteiger partial charge in [-0.25, -0.2) is 4.98 Å². The van der Waals surface area contributed by atoms with Crippen LogP contribution in [0.3, 0.4) is 0 Å². The standard InChI is InChI=1S/C9H6F3IN2O5/c1-19-6(16)3-4-2-5(15(17)18)7(13)8(14-4)20-9(10,11)12/h2H,3H2,1H3. The Kier molecular flexibility index (Phi) is 5.08. The molecule has 0 N–H and O–H groups in total. The van der Waals surface area contributed by atoms with E-state index in [9.17, 15) is 28.1 Å². The third-order valence-corrected chi connectivity index (χ3v) is 2.94. The van der Waals surface area contributed by atoms with Crippen LogP contribution in [0.1, 0.15) is 5.69 Å². The first-order valence-electron chi connectivity index (χ1n) is 4.80. The van der Waals surface area contributed by atoms with Gasteiger partial charge in [-0.1, -0.05) is 0 Å². The summed E-state index contributed by atoms with van der Waals surface area (Å²) in [5.74, 6) is -1.78. The molecule has 0 saturated carbocycles. The van der Waals surface area contributed by atoms with Gasteiger partial charge in [0.15, 0.2) is 3.57 Å². The van der Waals surface area contributed by atoms with Gasteiger partial charge in [-0.3, -0.25) is 14.9 Å². The maximum atomic E-state index is 12.2. The van der Waals surface area contributed by atoms with Crippen molar-refractivity contribution in [2.75, 3.05) is 7.11 Å². The van der Waals surface area contributed by atoms with E-state index in [1.54, 1.807) is 0 Å². The highest BCUT2D eigenvalue weighted by atomic mass is 127. The van der Waals surface area contributed by atoms with E-state index in [1.807, 2.05) is 0 Å². The minimum Gasteiger partial charge on any atom is -0.469 e. The predicted octanol–water partition coefficient (Wildman–Crippen LogP) is 2.21. The van der Waals surface area contributed by atoms with Crippen molar-refractivity contribution in [2.45, 2.75) is 12.8 Å². The van der Waals surface area contributed by atoms with Crippen LogP contribution in [0.5, 0.6) is 5.88 Å². The fourth-order valence-electron chi connectivity index (χ4n) is 1.16. The molecule has 0 spiro atoms. The second-order valence-electron chi connectivity index (χ2n) is 3.31. The molecular formula is C9H6F3IN2O5. The zero-order valence-electron chi connectivity index (χ0n) is 9.73. The number of alkyl halides is 3. The molecule has 0 aliphatic rings.